The van der Waals surface area contributed by atoms with Crippen LogP contribution in [0, 0.1) is 18.8 Å². The minimum Gasteiger partial charge on any atom is -0.486 e. The molecule has 9 heteroatoms. The first-order valence-electron chi connectivity index (χ1n) is 9.20. The number of carbonyl (C=O) groups excluding carboxylic acids is 1. The van der Waals surface area contributed by atoms with Gasteiger partial charge in [-0.1, -0.05) is 19.1 Å². The Balaban J connectivity index is 1.73. The predicted octanol–water partition coefficient (Wildman–Crippen LogP) is 1.82. The maximum atomic E-state index is 12.5. The molecular formula is C19H24N4O5. The third-order valence-corrected chi connectivity index (χ3v) is 4.49. The van der Waals surface area contributed by atoms with Gasteiger partial charge in [0, 0.05) is 12.6 Å². The van der Waals surface area contributed by atoms with Gasteiger partial charge in [0.1, 0.15) is 13.2 Å². The highest BCUT2D eigenvalue weighted by atomic mass is 16.6. The van der Waals surface area contributed by atoms with E-state index in [0.29, 0.717) is 42.5 Å². The Morgan fingerprint density at radius 2 is 1.96 bits per heavy atom. The van der Waals surface area contributed by atoms with Crippen molar-refractivity contribution in [2.45, 2.75) is 27.2 Å². The lowest BCUT2D eigenvalue weighted by atomic mass is 9.97. The van der Waals surface area contributed by atoms with Crippen molar-refractivity contribution < 1.29 is 24.2 Å². The molecular weight excluding hydrogens is 364 g/mol. The number of nitrogens with one attached hydrogen (secondary N) is 1. The van der Waals surface area contributed by atoms with E-state index < -0.39 is 17.8 Å². The Morgan fingerprint density at radius 1 is 1.25 bits per heavy atom. The Morgan fingerprint density at radius 3 is 2.64 bits per heavy atom. The smallest absolute Gasteiger partial charge is 0.308 e. The van der Waals surface area contributed by atoms with Crippen LogP contribution in [0.25, 0.3) is 5.69 Å². The summed E-state index contributed by atoms with van der Waals surface area (Å²) in [5, 5.41) is 20.0. The summed E-state index contributed by atoms with van der Waals surface area (Å²) in [4.78, 5) is 23.8. The number of aliphatic carboxylic acids is 1. The van der Waals surface area contributed by atoms with Crippen molar-refractivity contribution in [3.05, 3.63) is 29.6 Å². The average Bonchev–Trinajstić information content (AvgIpc) is 3.05. The lowest BCUT2D eigenvalue weighted by molar-refractivity contribution is -0.142. The van der Waals surface area contributed by atoms with Gasteiger partial charge < -0.3 is 19.9 Å². The number of carboxylic acids is 1. The van der Waals surface area contributed by atoms with Gasteiger partial charge in [0.15, 0.2) is 17.2 Å². The number of benzene rings is 1. The van der Waals surface area contributed by atoms with Crippen molar-refractivity contribution in [3.8, 4) is 17.2 Å². The summed E-state index contributed by atoms with van der Waals surface area (Å²) in [5.74, 6) is -0.520. The third-order valence-electron chi connectivity index (χ3n) is 4.49. The SMILES string of the molecule is Cc1c(C(=O)NCC(CC(C)C)C(=O)O)nnn1-c1ccc2c(c1)OCCO2. The number of amides is 1. The molecule has 1 amide bonds. The molecule has 2 aromatic rings. The lowest BCUT2D eigenvalue weighted by Gasteiger charge is -2.18. The topological polar surface area (TPSA) is 116 Å². The Labute approximate surface area is 162 Å². The van der Waals surface area contributed by atoms with E-state index in [-0.39, 0.29) is 18.2 Å². The van der Waals surface area contributed by atoms with Gasteiger partial charge in [-0.05, 0) is 31.4 Å². The minimum atomic E-state index is -0.925. The average molecular weight is 388 g/mol. The first kappa shape index (κ1) is 19.7. The molecule has 28 heavy (non-hydrogen) atoms. The van der Waals surface area contributed by atoms with Crippen LogP contribution in [0.1, 0.15) is 36.5 Å². The molecule has 1 unspecified atom stereocenters. The summed E-state index contributed by atoms with van der Waals surface area (Å²) in [6.45, 7) is 6.65. The van der Waals surface area contributed by atoms with Crippen molar-refractivity contribution >= 4 is 11.9 Å². The number of ether oxygens (including phenoxy) is 2. The molecule has 1 aliphatic rings. The quantitative estimate of drug-likeness (QED) is 0.743. The molecule has 1 aliphatic heterocycles. The number of hydrogen-bond acceptors (Lipinski definition) is 6. The molecule has 0 saturated heterocycles. The van der Waals surface area contributed by atoms with E-state index in [4.69, 9.17) is 9.47 Å². The van der Waals surface area contributed by atoms with Crippen LogP contribution in [0.4, 0.5) is 0 Å². The molecule has 0 fully saturated rings. The normalized spacial score (nSPS) is 14.0. The van der Waals surface area contributed by atoms with Gasteiger partial charge in [0.05, 0.1) is 17.3 Å². The molecule has 3 rings (SSSR count). The van der Waals surface area contributed by atoms with Crippen LogP contribution in [0.5, 0.6) is 11.5 Å². The van der Waals surface area contributed by atoms with Gasteiger partial charge in [0.25, 0.3) is 5.91 Å². The number of carboxylic acid groups (broad SMARTS) is 1. The number of rotatable bonds is 7. The zero-order valence-electron chi connectivity index (χ0n) is 16.1. The molecule has 0 saturated carbocycles. The number of hydrogen-bond donors (Lipinski definition) is 2. The molecule has 9 nitrogen and oxygen atoms in total. The molecule has 1 aromatic heterocycles. The van der Waals surface area contributed by atoms with E-state index in [9.17, 15) is 14.7 Å². The van der Waals surface area contributed by atoms with E-state index >= 15 is 0 Å². The van der Waals surface area contributed by atoms with Crippen molar-refractivity contribution in [3.63, 3.8) is 0 Å². The summed E-state index contributed by atoms with van der Waals surface area (Å²) in [7, 11) is 0. The standard InChI is InChI=1S/C19H24N4O5/c1-11(2)8-13(19(25)26)10-20-18(24)17-12(3)23(22-21-17)14-4-5-15-16(9-14)28-7-6-27-15/h4-5,9,11,13H,6-8,10H2,1-3H3,(H,20,24)(H,25,26). The molecule has 2 N–H and O–H groups in total. The minimum absolute atomic E-state index is 0.0443. The molecule has 0 radical (unpaired) electrons. The Kier molecular flexibility index (Phi) is 5.81. The van der Waals surface area contributed by atoms with Crippen LogP contribution in [0.15, 0.2) is 18.2 Å². The van der Waals surface area contributed by atoms with Gasteiger partial charge in [0.2, 0.25) is 0 Å². The number of aromatic nitrogens is 3. The highest BCUT2D eigenvalue weighted by Crippen LogP contribution is 2.32. The highest BCUT2D eigenvalue weighted by Gasteiger charge is 2.23. The van der Waals surface area contributed by atoms with Crippen LogP contribution < -0.4 is 14.8 Å². The van der Waals surface area contributed by atoms with E-state index in [1.54, 1.807) is 25.1 Å². The van der Waals surface area contributed by atoms with Gasteiger partial charge in [-0.3, -0.25) is 9.59 Å². The molecule has 150 valence electrons. The van der Waals surface area contributed by atoms with E-state index in [0.717, 1.165) is 0 Å². The first-order chi connectivity index (χ1) is 13.4. The van der Waals surface area contributed by atoms with Crippen LogP contribution >= 0.6 is 0 Å². The lowest BCUT2D eigenvalue weighted by Crippen LogP contribution is -2.34. The fraction of sp³-hybridized carbons (Fsp3) is 0.474. The Hall–Kier alpha value is -3.10. The number of fused-ring (bicyclic) bond motifs is 1. The van der Waals surface area contributed by atoms with Crippen molar-refractivity contribution in [1.82, 2.24) is 20.3 Å². The fourth-order valence-electron chi connectivity index (χ4n) is 3.09. The van der Waals surface area contributed by atoms with Gasteiger partial charge in [-0.2, -0.15) is 0 Å². The fourth-order valence-corrected chi connectivity index (χ4v) is 3.09. The van der Waals surface area contributed by atoms with Gasteiger partial charge in [-0.25, -0.2) is 4.68 Å². The van der Waals surface area contributed by atoms with E-state index in [1.165, 1.54) is 4.68 Å². The number of nitrogens with zero attached hydrogens (tertiary/aromatic N) is 3. The zero-order chi connectivity index (χ0) is 20.3. The highest BCUT2D eigenvalue weighted by molar-refractivity contribution is 5.93. The summed E-state index contributed by atoms with van der Waals surface area (Å²) in [6.07, 6.45) is 0.485. The second kappa shape index (κ2) is 8.28. The largest absolute Gasteiger partial charge is 0.486 e. The second-order valence-corrected chi connectivity index (χ2v) is 7.14. The van der Waals surface area contributed by atoms with Crippen LogP contribution in [0.2, 0.25) is 0 Å². The second-order valence-electron chi connectivity index (χ2n) is 7.14. The van der Waals surface area contributed by atoms with Gasteiger partial charge in [-0.15, -0.1) is 5.10 Å². The molecule has 1 aromatic carbocycles. The molecule has 1 atom stereocenters. The van der Waals surface area contributed by atoms with Crippen LogP contribution in [-0.2, 0) is 4.79 Å². The summed E-state index contributed by atoms with van der Waals surface area (Å²) >= 11 is 0. The Bertz CT molecular complexity index is 877. The maximum Gasteiger partial charge on any atom is 0.308 e. The van der Waals surface area contributed by atoms with Crippen molar-refractivity contribution in [2.75, 3.05) is 19.8 Å². The van der Waals surface area contributed by atoms with Crippen molar-refractivity contribution in [1.29, 1.82) is 0 Å². The summed E-state index contributed by atoms with van der Waals surface area (Å²) in [5.41, 5.74) is 1.39. The van der Waals surface area contributed by atoms with E-state index in [1.807, 2.05) is 13.8 Å². The van der Waals surface area contributed by atoms with E-state index in [2.05, 4.69) is 15.6 Å². The zero-order valence-corrected chi connectivity index (χ0v) is 16.1. The predicted molar refractivity (Wildman–Crippen MR) is 100 cm³/mol. The molecule has 0 bridgehead atoms. The first-order valence-corrected chi connectivity index (χ1v) is 9.20. The van der Waals surface area contributed by atoms with Crippen molar-refractivity contribution in [2.24, 2.45) is 11.8 Å². The molecule has 0 spiro atoms. The molecule has 2 heterocycles. The number of carbonyl (C=O) groups is 2. The summed E-state index contributed by atoms with van der Waals surface area (Å²) in [6, 6.07) is 5.37. The van der Waals surface area contributed by atoms with Crippen LogP contribution in [-0.4, -0.2) is 51.7 Å². The van der Waals surface area contributed by atoms with Gasteiger partial charge >= 0.3 is 5.97 Å². The summed E-state index contributed by atoms with van der Waals surface area (Å²) < 4.78 is 12.6. The monoisotopic (exact) mass is 388 g/mol. The maximum absolute atomic E-state index is 12.5. The molecule has 0 aliphatic carbocycles. The third kappa shape index (κ3) is 4.24. The van der Waals surface area contributed by atoms with Crippen LogP contribution in [0.3, 0.4) is 0 Å².